The molecule has 2 aromatic carbocycles. The third kappa shape index (κ3) is 4.27. The predicted molar refractivity (Wildman–Crippen MR) is 120 cm³/mol. The monoisotopic (exact) mass is 411 g/mol. The Morgan fingerprint density at radius 1 is 1.07 bits per heavy atom. The second-order valence-corrected chi connectivity index (χ2v) is 9.64. The molecule has 0 spiro atoms. The molecule has 0 fully saturated rings. The summed E-state index contributed by atoms with van der Waals surface area (Å²) in [6.07, 6.45) is 2.69. The summed E-state index contributed by atoms with van der Waals surface area (Å²) in [6.45, 7) is 6.39. The summed E-state index contributed by atoms with van der Waals surface area (Å²) in [7, 11) is -0.245. The van der Waals surface area contributed by atoms with E-state index in [1.807, 2.05) is 6.07 Å². The van der Waals surface area contributed by atoms with Crippen LogP contribution in [0.15, 0.2) is 48.7 Å². The Bertz CT molecular complexity index is 992. The fourth-order valence-corrected chi connectivity index (χ4v) is 4.43. The minimum Gasteiger partial charge on any atom is -0.338 e. The molecule has 0 saturated carbocycles. The molecular formula is C21H23ClN5P. The second kappa shape index (κ2) is 8.44. The Morgan fingerprint density at radius 3 is 2.79 bits per heavy atom. The number of aromatic nitrogens is 2. The van der Waals surface area contributed by atoms with Crippen LogP contribution in [0.25, 0.3) is 0 Å². The van der Waals surface area contributed by atoms with Gasteiger partial charge in [-0.05, 0) is 60.9 Å². The van der Waals surface area contributed by atoms with Gasteiger partial charge in [-0.15, -0.1) is 0 Å². The number of halogens is 1. The highest BCUT2D eigenvalue weighted by atomic mass is 35.5. The van der Waals surface area contributed by atoms with E-state index in [1.165, 1.54) is 16.4 Å². The molecule has 5 nitrogen and oxygen atoms in total. The van der Waals surface area contributed by atoms with Crippen LogP contribution in [0, 0.1) is 0 Å². The van der Waals surface area contributed by atoms with E-state index in [0.29, 0.717) is 16.8 Å². The number of rotatable bonds is 5. The lowest BCUT2D eigenvalue weighted by atomic mass is 10.0. The van der Waals surface area contributed by atoms with Gasteiger partial charge in [0.15, 0.2) is 5.82 Å². The minimum atomic E-state index is -0.245. The standard InChI is InChI=1S/C21H23ClN5P/c1-28(2)19-6-4-3-5-18(19)26-20-17(22)13-24-21(27-20)25-16-8-7-14-9-10-23-12-15(14)11-16/h3-8,11,13,23H,9-10,12H2,1-2H3,(H2,24,25,26,27). The van der Waals surface area contributed by atoms with E-state index in [-0.39, 0.29) is 7.92 Å². The highest BCUT2D eigenvalue weighted by Crippen LogP contribution is 2.31. The first-order valence-corrected chi connectivity index (χ1v) is 11.9. The van der Waals surface area contributed by atoms with Gasteiger partial charge in [0.05, 0.1) is 6.20 Å². The van der Waals surface area contributed by atoms with Crippen LogP contribution >= 0.6 is 19.5 Å². The molecule has 0 radical (unpaired) electrons. The Kier molecular flexibility index (Phi) is 5.77. The van der Waals surface area contributed by atoms with Gasteiger partial charge in [0.1, 0.15) is 5.02 Å². The van der Waals surface area contributed by atoms with Crippen molar-refractivity contribution >= 4 is 48.0 Å². The number of hydrogen-bond donors (Lipinski definition) is 3. The first kappa shape index (κ1) is 19.1. The van der Waals surface area contributed by atoms with Crippen molar-refractivity contribution in [2.24, 2.45) is 0 Å². The van der Waals surface area contributed by atoms with Crippen molar-refractivity contribution in [3.8, 4) is 0 Å². The van der Waals surface area contributed by atoms with E-state index >= 15 is 0 Å². The maximum atomic E-state index is 6.36. The Hall–Kier alpha value is -2.20. The predicted octanol–water partition coefficient (Wildman–Crippen LogP) is 4.63. The normalized spacial score (nSPS) is 13.3. The second-order valence-electron chi connectivity index (χ2n) is 6.96. The molecule has 4 rings (SSSR count). The third-order valence-corrected chi connectivity index (χ3v) is 6.36. The summed E-state index contributed by atoms with van der Waals surface area (Å²) in [4.78, 5) is 8.94. The lowest BCUT2D eigenvalue weighted by molar-refractivity contribution is 0.644. The largest absolute Gasteiger partial charge is 0.338 e. The van der Waals surface area contributed by atoms with Crippen molar-refractivity contribution < 1.29 is 0 Å². The van der Waals surface area contributed by atoms with Gasteiger partial charge in [-0.1, -0.05) is 43.8 Å². The molecule has 2 heterocycles. The molecule has 1 aliphatic rings. The molecule has 0 atom stereocenters. The fraction of sp³-hybridized carbons (Fsp3) is 0.238. The summed E-state index contributed by atoms with van der Waals surface area (Å²) in [5.74, 6) is 1.12. The van der Waals surface area contributed by atoms with Gasteiger partial charge in [-0.2, -0.15) is 4.98 Å². The third-order valence-electron chi connectivity index (χ3n) is 4.73. The van der Waals surface area contributed by atoms with Gasteiger partial charge in [-0.3, -0.25) is 0 Å². The number of para-hydroxylation sites is 1. The highest BCUT2D eigenvalue weighted by molar-refractivity contribution is 7.64. The Balaban J connectivity index is 1.58. The van der Waals surface area contributed by atoms with Crippen LogP contribution in [0.5, 0.6) is 0 Å². The number of benzene rings is 2. The Morgan fingerprint density at radius 2 is 1.93 bits per heavy atom. The van der Waals surface area contributed by atoms with Crippen molar-refractivity contribution in [3.05, 3.63) is 64.8 Å². The molecule has 0 amide bonds. The average molecular weight is 412 g/mol. The van der Waals surface area contributed by atoms with Crippen LogP contribution in [0.1, 0.15) is 11.1 Å². The maximum Gasteiger partial charge on any atom is 0.229 e. The maximum absolute atomic E-state index is 6.36. The number of nitrogens with zero attached hydrogens (tertiary/aromatic N) is 2. The van der Waals surface area contributed by atoms with E-state index in [2.05, 4.69) is 75.6 Å². The first-order valence-electron chi connectivity index (χ1n) is 9.25. The molecule has 28 heavy (non-hydrogen) atoms. The fourth-order valence-electron chi connectivity index (χ4n) is 3.30. The van der Waals surface area contributed by atoms with E-state index in [0.717, 1.165) is 30.9 Å². The molecule has 0 aliphatic carbocycles. The zero-order chi connectivity index (χ0) is 19.5. The van der Waals surface area contributed by atoms with Crippen LogP contribution in [0.3, 0.4) is 0 Å². The number of fused-ring (bicyclic) bond motifs is 1. The summed E-state index contributed by atoms with van der Waals surface area (Å²) in [5.41, 5.74) is 4.72. The van der Waals surface area contributed by atoms with Crippen molar-refractivity contribution in [1.29, 1.82) is 0 Å². The van der Waals surface area contributed by atoms with Crippen molar-refractivity contribution in [3.63, 3.8) is 0 Å². The van der Waals surface area contributed by atoms with Crippen LogP contribution < -0.4 is 21.3 Å². The summed E-state index contributed by atoms with van der Waals surface area (Å²) in [5, 5.41) is 11.9. The van der Waals surface area contributed by atoms with Crippen LogP contribution in [0.2, 0.25) is 5.02 Å². The van der Waals surface area contributed by atoms with Crippen LogP contribution in [0.4, 0.5) is 23.1 Å². The van der Waals surface area contributed by atoms with Gasteiger partial charge in [-0.25, -0.2) is 4.98 Å². The minimum absolute atomic E-state index is 0.245. The molecule has 0 bridgehead atoms. The van der Waals surface area contributed by atoms with E-state index < -0.39 is 0 Å². The summed E-state index contributed by atoms with van der Waals surface area (Å²) in [6, 6.07) is 14.7. The van der Waals surface area contributed by atoms with Gasteiger partial charge in [0.25, 0.3) is 0 Å². The van der Waals surface area contributed by atoms with Crippen molar-refractivity contribution in [1.82, 2.24) is 15.3 Å². The molecule has 7 heteroatoms. The number of anilines is 4. The van der Waals surface area contributed by atoms with Crippen molar-refractivity contribution in [2.75, 3.05) is 30.5 Å². The lowest BCUT2D eigenvalue weighted by Gasteiger charge is -2.18. The number of nitrogens with one attached hydrogen (secondary N) is 3. The molecule has 1 aliphatic heterocycles. The molecule has 1 aromatic heterocycles. The zero-order valence-electron chi connectivity index (χ0n) is 16.0. The van der Waals surface area contributed by atoms with Gasteiger partial charge in [0.2, 0.25) is 5.95 Å². The van der Waals surface area contributed by atoms with Gasteiger partial charge in [0, 0.05) is 17.9 Å². The molecular weight excluding hydrogens is 389 g/mol. The van der Waals surface area contributed by atoms with E-state index in [4.69, 9.17) is 11.6 Å². The smallest absolute Gasteiger partial charge is 0.229 e. The van der Waals surface area contributed by atoms with Gasteiger partial charge >= 0.3 is 0 Å². The topological polar surface area (TPSA) is 61.9 Å². The lowest BCUT2D eigenvalue weighted by Crippen LogP contribution is -2.23. The van der Waals surface area contributed by atoms with E-state index in [9.17, 15) is 0 Å². The summed E-state index contributed by atoms with van der Waals surface area (Å²) >= 11 is 6.36. The quantitative estimate of drug-likeness (QED) is 0.534. The molecule has 144 valence electrons. The molecule has 3 aromatic rings. The number of hydrogen-bond acceptors (Lipinski definition) is 5. The van der Waals surface area contributed by atoms with Gasteiger partial charge < -0.3 is 16.0 Å². The molecule has 3 N–H and O–H groups in total. The van der Waals surface area contributed by atoms with Crippen molar-refractivity contribution in [2.45, 2.75) is 13.0 Å². The SMILES string of the molecule is CP(C)c1ccccc1Nc1nc(Nc2ccc3c(c2)CNCC3)ncc1Cl. The molecule has 0 saturated heterocycles. The zero-order valence-corrected chi connectivity index (χ0v) is 17.6. The Labute approximate surface area is 171 Å². The van der Waals surface area contributed by atoms with E-state index in [1.54, 1.807) is 6.20 Å². The molecule has 0 unspecified atom stereocenters. The van der Waals surface area contributed by atoms with Crippen LogP contribution in [-0.4, -0.2) is 29.8 Å². The first-order chi connectivity index (χ1) is 13.6. The van der Waals surface area contributed by atoms with Crippen LogP contribution in [-0.2, 0) is 13.0 Å². The highest BCUT2D eigenvalue weighted by Gasteiger charge is 2.12. The average Bonchev–Trinajstić information content (AvgIpc) is 2.71. The summed E-state index contributed by atoms with van der Waals surface area (Å²) < 4.78 is 0.